The monoisotopic (exact) mass is 687 g/mol. The van der Waals surface area contributed by atoms with Crippen LogP contribution in [0.5, 0.6) is 0 Å². The van der Waals surface area contributed by atoms with E-state index >= 15 is 0 Å². The van der Waals surface area contributed by atoms with Crippen LogP contribution in [0.3, 0.4) is 0 Å². The largest absolute Gasteiger partial charge is 0.346 e. The van der Waals surface area contributed by atoms with Crippen molar-refractivity contribution in [2.45, 2.75) is 121 Å². The van der Waals surface area contributed by atoms with Gasteiger partial charge in [-0.15, -0.1) is 18.9 Å². The van der Waals surface area contributed by atoms with E-state index in [1.54, 1.807) is 0 Å². The Hall–Kier alpha value is -3.40. The number of carbonyl (C=O) groups is 5. The molecule has 4 N–H and O–H groups in total. The molecule has 0 bridgehead atoms. The number of hydrogen-bond donors (Lipinski definition) is 4. The molecule has 12 nitrogen and oxygen atoms in total. The van der Waals surface area contributed by atoms with Gasteiger partial charge in [0.15, 0.2) is 9.84 Å². The minimum absolute atomic E-state index is 0.0282. The van der Waals surface area contributed by atoms with Crippen LogP contribution in [0.4, 0.5) is 4.79 Å². The molecule has 0 radical (unpaired) electrons. The molecule has 0 aromatic rings. The zero-order valence-electron chi connectivity index (χ0n) is 29.0. The Morgan fingerprint density at radius 2 is 1.73 bits per heavy atom. The zero-order valence-corrected chi connectivity index (χ0v) is 29.8. The lowest BCUT2D eigenvalue weighted by atomic mass is 9.78. The molecule has 4 rings (SSSR count). The summed E-state index contributed by atoms with van der Waals surface area (Å²) in [4.78, 5) is 69.2. The maximum Gasteiger partial charge on any atom is 0.315 e. The van der Waals surface area contributed by atoms with E-state index in [1.165, 1.54) is 11.0 Å². The topological polar surface area (TPSA) is 171 Å². The molecule has 0 aromatic heterocycles. The number of nitrogens with one attached hydrogen (secondary N) is 4. The predicted octanol–water partition coefficient (Wildman–Crippen LogP) is 2.23. The van der Waals surface area contributed by atoms with E-state index < -0.39 is 73.7 Å². The second-order valence-corrected chi connectivity index (χ2v) is 18.0. The number of amides is 5. The maximum atomic E-state index is 14.4. The summed E-state index contributed by atoms with van der Waals surface area (Å²) < 4.78 is 26.1. The second kappa shape index (κ2) is 14.2. The first kappa shape index (κ1) is 37.4. The number of terminal acetylenes is 1. The van der Waals surface area contributed by atoms with Gasteiger partial charge >= 0.3 is 6.03 Å². The minimum atomic E-state index is -3.37. The Labute approximate surface area is 285 Å². The molecule has 0 spiro atoms. The summed E-state index contributed by atoms with van der Waals surface area (Å²) in [5, 5.41) is 10.4. The SMILES string of the molecule is C#CCCC(NC(=O)[C@@H]1C2[C@H](CN1C(=O)[C@@H](NC(=O)NC1(C3CCCS3(=O)=O)CCCCC1)C(C)(C)C)C2(C)C)C(=O)C(=O)NCC=C. The Kier molecular flexibility index (Phi) is 11.1. The van der Waals surface area contributed by atoms with Crippen molar-refractivity contribution in [2.75, 3.05) is 18.8 Å². The lowest BCUT2D eigenvalue weighted by molar-refractivity contribution is -0.145. The van der Waals surface area contributed by atoms with Crippen molar-refractivity contribution in [1.29, 1.82) is 0 Å². The first-order chi connectivity index (χ1) is 22.4. The number of urea groups is 1. The van der Waals surface area contributed by atoms with Gasteiger partial charge in [-0.3, -0.25) is 19.2 Å². The maximum absolute atomic E-state index is 14.4. The lowest BCUT2D eigenvalue weighted by Gasteiger charge is -2.43. The number of sulfone groups is 1. The fourth-order valence-corrected chi connectivity index (χ4v) is 10.7. The summed E-state index contributed by atoms with van der Waals surface area (Å²) in [5.41, 5.74) is -1.91. The summed E-state index contributed by atoms with van der Waals surface area (Å²) in [6, 6.07) is -3.77. The van der Waals surface area contributed by atoms with Crippen LogP contribution in [0.15, 0.2) is 12.7 Å². The van der Waals surface area contributed by atoms with E-state index in [9.17, 15) is 32.4 Å². The molecule has 2 aliphatic heterocycles. The van der Waals surface area contributed by atoms with E-state index in [4.69, 9.17) is 6.42 Å². The predicted molar refractivity (Wildman–Crippen MR) is 182 cm³/mol. The Morgan fingerprint density at radius 3 is 2.29 bits per heavy atom. The third-order valence-electron chi connectivity index (χ3n) is 11.0. The third kappa shape index (κ3) is 7.58. The fraction of sp³-hybridized carbons (Fsp3) is 0.743. The second-order valence-electron chi connectivity index (χ2n) is 15.7. The number of carbonyl (C=O) groups excluding carboxylic acids is 5. The quantitative estimate of drug-likeness (QED) is 0.139. The summed E-state index contributed by atoms with van der Waals surface area (Å²) in [6.45, 7) is 13.4. The van der Waals surface area contributed by atoms with Gasteiger partial charge in [-0.2, -0.15) is 0 Å². The highest BCUT2D eigenvalue weighted by Gasteiger charge is 2.70. The average molecular weight is 688 g/mol. The average Bonchev–Trinajstić information content (AvgIpc) is 3.33. The molecule has 6 atom stereocenters. The molecule has 266 valence electrons. The first-order valence-electron chi connectivity index (χ1n) is 17.2. The van der Waals surface area contributed by atoms with E-state index in [1.807, 2.05) is 34.6 Å². The highest BCUT2D eigenvalue weighted by molar-refractivity contribution is 7.92. The number of ketones is 1. The van der Waals surface area contributed by atoms with Gasteiger partial charge in [0.05, 0.1) is 22.6 Å². The van der Waals surface area contributed by atoms with Crippen molar-refractivity contribution < 1.29 is 32.4 Å². The number of piperidine rings is 1. The van der Waals surface area contributed by atoms with Crippen LogP contribution in [-0.2, 0) is 29.0 Å². The van der Waals surface area contributed by atoms with Gasteiger partial charge in [0.25, 0.3) is 5.91 Å². The highest BCUT2D eigenvalue weighted by atomic mass is 32.2. The van der Waals surface area contributed by atoms with Crippen molar-refractivity contribution >= 4 is 39.4 Å². The third-order valence-corrected chi connectivity index (χ3v) is 13.5. The number of hydrogen-bond acceptors (Lipinski definition) is 7. The molecule has 5 amide bonds. The van der Waals surface area contributed by atoms with E-state index in [2.05, 4.69) is 33.8 Å². The van der Waals surface area contributed by atoms with Crippen LogP contribution in [-0.4, -0.2) is 90.6 Å². The minimum Gasteiger partial charge on any atom is -0.346 e. The Balaban J connectivity index is 1.56. The van der Waals surface area contributed by atoms with Crippen molar-refractivity contribution in [3.63, 3.8) is 0 Å². The summed E-state index contributed by atoms with van der Waals surface area (Å²) >= 11 is 0. The van der Waals surface area contributed by atoms with Crippen LogP contribution in [0.2, 0.25) is 0 Å². The van der Waals surface area contributed by atoms with Crippen molar-refractivity contribution in [3.8, 4) is 12.3 Å². The molecule has 4 fully saturated rings. The lowest BCUT2D eigenvalue weighted by Crippen LogP contribution is -2.65. The molecule has 13 heteroatoms. The van der Waals surface area contributed by atoms with Gasteiger partial charge in [0.2, 0.25) is 17.6 Å². The normalized spacial score (nSPS) is 27.7. The fourth-order valence-electron chi connectivity index (χ4n) is 8.31. The van der Waals surface area contributed by atoms with Crippen molar-refractivity contribution in [3.05, 3.63) is 12.7 Å². The van der Waals surface area contributed by atoms with Crippen molar-refractivity contribution in [1.82, 2.24) is 26.2 Å². The number of fused-ring (bicyclic) bond motifs is 1. The Morgan fingerprint density at radius 1 is 1.06 bits per heavy atom. The van der Waals surface area contributed by atoms with Gasteiger partial charge < -0.3 is 26.2 Å². The molecule has 2 saturated carbocycles. The number of Topliss-reactive ketones (excluding diaryl/α,β-unsaturated/α-hetero) is 1. The number of rotatable bonds is 12. The molecular weight excluding hydrogens is 634 g/mol. The van der Waals surface area contributed by atoms with Crippen LogP contribution in [0.25, 0.3) is 0 Å². The summed E-state index contributed by atoms with van der Waals surface area (Å²) in [5.74, 6) is -0.316. The van der Waals surface area contributed by atoms with Crippen LogP contribution >= 0.6 is 0 Å². The van der Waals surface area contributed by atoms with Gasteiger partial charge in [0, 0.05) is 19.5 Å². The number of nitrogens with zero attached hydrogens (tertiary/aromatic N) is 1. The van der Waals surface area contributed by atoms with Gasteiger partial charge in [0.1, 0.15) is 12.1 Å². The smallest absolute Gasteiger partial charge is 0.315 e. The molecular formula is C35H53N5O7S. The van der Waals surface area contributed by atoms with Crippen LogP contribution in [0, 0.1) is 35.0 Å². The van der Waals surface area contributed by atoms with Crippen molar-refractivity contribution in [2.24, 2.45) is 22.7 Å². The summed E-state index contributed by atoms with van der Waals surface area (Å²) in [7, 11) is -3.37. The molecule has 2 saturated heterocycles. The van der Waals surface area contributed by atoms with Gasteiger partial charge in [-0.05, 0) is 54.8 Å². The molecule has 2 heterocycles. The zero-order chi connectivity index (χ0) is 35.7. The number of likely N-dealkylation sites (tertiary alicyclic amines) is 1. The molecule has 48 heavy (non-hydrogen) atoms. The van der Waals surface area contributed by atoms with Gasteiger partial charge in [-0.1, -0.05) is 60.0 Å². The summed E-state index contributed by atoms with van der Waals surface area (Å²) in [6.07, 6.45) is 11.8. The molecule has 4 aliphatic rings. The van der Waals surface area contributed by atoms with E-state index in [-0.39, 0.29) is 48.9 Å². The molecule has 3 unspecified atom stereocenters. The molecule has 2 aliphatic carbocycles. The van der Waals surface area contributed by atoms with E-state index in [0.29, 0.717) is 25.7 Å². The molecule has 0 aromatic carbocycles. The van der Waals surface area contributed by atoms with E-state index in [0.717, 1.165) is 19.3 Å². The van der Waals surface area contributed by atoms with Gasteiger partial charge in [-0.25, -0.2) is 13.2 Å². The highest BCUT2D eigenvalue weighted by Crippen LogP contribution is 2.65. The first-order valence-corrected chi connectivity index (χ1v) is 18.9. The standard InChI is InChI=1S/C35H53N5O7S/c1-8-10-15-23(27(41)30(43)36-19-9-2)37-29(42)26-25-22(34(25,6)7)21-40(26)31(44)28(33(3,4)5)38-32(45)39-35(17-12-11-13-18-35)24-16-14-20-48(24,46)47/h1,9,22-26,28H,2,10-21H2,3-7H3,(H,36,43)(H,37,42)(H2,38,39,45)/t22-,23?,24?,25?,26-,28+/m0/s1. The van der Waals surface area contributed by atoms with Crippen LogP contribution < -0.4 is 21.3 Å². The van der Waals surface area contributed by atoms with Crippen LogP contribution in [0.1, 0.15) is 92.4 Å². The Bertz CT molecular complexity index is 1450.